The van der Waals surface area contributed by atoms with Crippen LogP contribution in [0.2, 0.25) is 0 Å². The summed E-state index contributed by atoms with van der Waals surface area (Å²) in [7, 11) is 4.91. The molecule has 3 amide bonds. The van der Waals surface area contributed by atoms with Gasteiger partial charge in [0.05, 0.1) is 31.0 Å². The lowest BCUT2D eigenvalue weighted by Crippen LogP contribution is -2.45. The maximum absolute atomic E-state index is 13.0. The standard InChI is InChI=1S/C18H23N3O4/c1-20-13-11-21(9-6-10-24-2)17(22)15(13)16(19-18(20)23)12-7-4-5-8-14(12)25-3/h4-5,7-8,16H,6,9-11H2,1-3H3,(H,19,23)/t16-/m0/s1. The highest BCUT2D eigenvalue weighted by Gasteiger charge is 2.43. The fraction of sp³-hybridized carbons (Fsp3) is 0.444. The van der Waals surface area contributed by atoms with E-state index in [-0.39, 0.29) is 11.9 Å². The van der Waals surface area contributed by atoms with Crippen LogP contribution in [-0.4, -0.2) is 62.7 Å². The average molecular weight is 345 g/mol. The maximum atomic E-state index is 13.0. The third-order valence-corrected chi connectivity index (χ3v) is 4.66. The molecule has 0 saturated heterocycles. The van der Waals surface area contributed by atoms with Gasteiger partial charge in [0, 0.05) is 32.9 Å². The highest BCUT2D eigenvalue weighted by atomic mass is 16.5. The molecule has 1 atom stereocenters. The van der Waals surface area contributed by atoms with E-state index in [4.69, 9.17) is 9.47 Å². The molecule has 2 aliphatic rings. The molecule has 7 heteroatoms. The van der Waals surface area contributed by atoms with Crippen LogP contribution in [0.4, 0.5) is 4.79 Å². The lowest BCUT2D eigenvalue weighted by atomic mass is 9.95. The van der Waals surface area contributed by atoms with Gasteiger partial charge in [0.2, 0.25) is 0 Å². The second kappa shape index (κ2) is 7.14. The Morgan fingerprint density at radius 1 is 1.24 bits per heavy atom. The van der Waals surface area contributed by atoms with Crippen molar-refractivity contribution >= 4 is 11.9 Å². The molecule has 7 nitrogen and oxygen atoms in total. The molecule has 0 unspecified atom stereocenters. The molecule has 1 aromatic carbocycles. The number of nitrogens with one attached hydrogen (secondary N) is 1. The van der Waals surface area contributed by atoms with Crippen LogP contribution < -0.4 is 10.1 Å². The maximum Gasteiger partial charge on any atom is 0.322 e. The van der Waals surface area contributed by atoms with Gasteiger partial charge >= 0.3 is 6.03 Å². The number of likely N-dealkylation sites (N-methyl/N-ethyl adjacent to an activating group) is 1. The van der Waals surface area contributed by atoms with Crippen LogP contribution in [0.5, 0.6) is 5.75 Å². The molecule has 0 saturated carbocycles. The van der Waals surface area contributed by atoms with Gasteiger partial charge in [0.25, 0.3) is 5.91 Å². The molecule has 0 bridgehead atoms. The minimum Gasteiger partial charge on any atom is -0.496 e. The third kappa shape index (κ3) is 3.07. The largest absolute Gasteiger partial charge is 0.496 e. The Kier molecular flexibility index (Phi) is 4.94. The Morgan fingerprint density at radius 2 is 2.00 bits per heavy atom. The number of rotatable bonds is 6. The molecule has 2 heterocycles. The normalized spacial score (nSPS) is 20.0. The molecule has 0 radical (unpaired) electrons. The molecule has 134 valence electrons. The third-order valence-electron chi connectivity index (χ3n) is 4.66. The number of hydrogen-bond donors (Lipinski definition) is 1. The number of ether oxygens (including phenoxy) is 2. The average Bonchev–Trinajstić information content (AvgIpc) is 2.95. The summed E-state index contributed by atoms with van der Waals surface area (Å²) in [5.74, 6) is 0.601. The van der Waals surface area contributed by atoms with E-state index in [2.05, 4.69) is 5.32 Å². The van der Waals surface area contributed by atoms with E-state index in [1.54, 1.807) is 26.2 Å². The Bertz CT molecular complexity index is 716. The predicted octanol–water partition coefficient (Wildman–Crippen LogP) is 1.52. The highest BCUT2D eigenvalue weighted by molar-refractivity contribution is 6.01. The summed E-state index contributed by atoms with van der Waals surface area (Å²) in [6, 6.07) is 6.72. The van der Waals surface area contributed by atoms with E-state index in [9.17, 15) is 9.59 Å². The number of urea groups is 1. The van der Waals surface area contributed by atoms with E-state index in [0.29, 0.717) is 31.0 Å². The number of carbonyl (C=O) groups is 2. The zero-order valence-corrected chi connectivity index (χ0v) is 14.7. The first-order valence-electron chi connectivity index (χ1n) is 8.26. The van der Waals surface area contributed by atoms with E-state index in [1.165, 1.54) is 4.90 Å². The van der Waals surface area contributed by atoms with Gasteiger partial charge in [-0.05, 0) is 12.5 Å². The number of para-hydroxylation sites is 1. The van der Waals surface area contributed by atoms with E-state index >= 15 is 0 Å². The zero-order chi connectivity index (χ0) is 18.0. The second-order valence-corrected chi connectivity index (χ2v) is 6.12. The Morgan fingerprint density at radius 3 is 2.72 bits per heavy atom. The van der Waals surface area contributed by atoms with Crippen molar-refractivity contribution in [2.45, 2.75) is 12.5 Å². The number of methoxy groups -OCH3 is 2. The van der Waals surface area contributed by atoms with E-state index in [0.717, 1.165) is 17.7 Å². The topological polar surface area (TPSA) is 71.1 Å². The predicted molar refractivity (Wildman–Crippen MR) is 92.1 cm³/mol. The second-order valence-electron chi connectivity index (χ2n) is 6.12. The molecule has 0 aromatic heterocycles. The zero-order valence-electron chi connectivity index (χ0n) is 14.7. The van der Waals surface area contributed by atoms with Crippen molar-refractivity contribution in [2.75, 3.05) is 41.0 Å². The van der Waals surface area contributed by atoms with Crippen LogP contribution >= 0.6 is 0 Å². The minimum atomic E-state index is -0.505. The number of hydrogen-bond acceptors (Lipinski definition) is 4. The number of carbonyl (C=O) groups excluding carboxylic acids is 2. The van der Waals surface area contributed by atoms with Gasteiger partial charge in [-0.3, -0.25) is 9.69 Å². The summed E-state index contributed by atoms with van der Waals surface area (Å²) in [4.78, 5) is 28.7. The van der Waals surface area contributed by atoms with E-state index < -0.39 is 6.04 Å². The summed E-state index contributed by atoms with van der Waals surface area (Å²) < 4.78 is 10.5. The molecular formula is C18H23N3O4. The quantitative estimate of drug-likeness (QED) is 0.794. The Labute approximate surface area is 147 Å². The van der Waals surface area contributed by atoms with Crippen molar-refractivity contribution in [1.29, 1.82) is 0 Å². The van der Waals surface area contributed by atoms with Gasteiger partial charge in [-0.1, -0.05) is 18.2 Å². The van der Waals surface area contributed by atoms with Crippen molar-refractivity contribution in [3.63, 3.8) is 0 Å². The van der Waals surface area contributed by atoms with Crippen molar-refractivity contribution in [3.05, 3.63) is 41.1 Å². The lowest BCUT2D eigenvalue weighted by molar-refractivity contribution is -0.125. The summed E-state index contributed by atoms with van der Waals surface area (Å²) in [5, 5.41) is 2.92. The SMILES string of the molecule is COCCCN1CC2=C(C1=O)[C@H](c1ccccc1OC)NC(=O)N2C. The Balaban J connectivity index is 1.95. The van der Waals surface area contributed by atoms with Crippen LogP contribution in [0.1, 0.15) is 18.0 Å². The molecule has 25 heavy (non-hydrogen) atoms. The van der Waals surface area contributed by atoms with Crippen molar-refractivity contribution in [3.8, 4) is 5.75 Å². The van der Waals surface area contributed by atoms with Crippen LogP contribution in [0.3, 0.4) is 0 Å². The first kappa shape index (κ1) is 17.3. The number of benzene rings is 1. The first-order chi connectivity index (χ1) is 12.1. The van der Waals surface area contributed by atoms with Crippen molar-refractivity contribution in [2.24, 2.45) is 0 Å². The van der Waals surface area contributed by atoms with Crippen molar-refractivity contribution < 1.29 is 19.1 Å². The van der Waals surface area contributed by atoms with Gasteiger partial charge in [0.1, 0.15) is 5.75 Å². The number of nitrogens with zero attached hydrogens (tertiary/aromatic N) is 2. The summed E-state index contributed by atoms with van der Waals surface area (Å²) >= 11 is 0. The summed E-state index contributed by atoms with van der Waals surface area (Å²) in [6.07, 6.45) is 0.757. The fourth-order valence-corrected chi connectivity index (χ4v) is 3.34. The summed E-state index contributed by atoms with van der Waals surface area (Å²) in [6.45, 7) is 1.63. The van der Waals surface area contributed by atoms with Crippen LogP contribution in [0.25, 0.3) is 0 Å². The monoisotopic (exact) mass is 345 g/mol. The minimum absolute atomic E-state index is 0.0474. The Hall–Kier alpha value is -2.54. The molecule has 0 aliphatic carbocycles. The van der Waals surface area contributed by atoms with Gasteiger partial charge in [-0.25, -0.2) is 4.79 Å². The molecular weight excluding hydrogens is 322 g/mol. The molecule has 1 aromatic rings. The van der Waals surface area contributed by atoms with Crippen LogP contribution in [0.15, 0.2) is 35.5 Å². The van der Waals surface area contributed by atoms with Gasteiger partial charge in [0.15, 0.2) is 0 Å². The molecule has 2 aliphatic heterocycles. The molecule has 0 fully saturated rings. The van der Waals surface area contributed by atoms with Crippen LogP contribution in [0, 0.1) is 0 Å². The van der Waals surface area contributed by atoms with E-state index in [1.807, 2.05) is 24.3 Å². The molecule has 1 N–H and O–H groups in total. The fourth-order valence-electron chi connectivity index (χ4n) is 3.34. The number of amides is 3. The van der Waals surface area contributed by atoms with Gasteiger partial charge in [-0.15, -0.1) is 0 Å². The van der Waals surface area contributed by atoms with Crippen LogP contribution in [-0.2, 0) is 9.53 Å². The lowest BCUT2D eigenvalue weighted by Gasteiger charge is -2.31. The molecule has 3 rings (SSSR count). The first-order valence-corrected chi connectivity index (χ1v) is 8.26. The smallest absolute Gasteiger partial charge is 0.322 e. The molecule has 0 spiro atoms. The summed E-state index contributed by atoms with van der Waals surface area (Å²) in [5.41, 5.74) is 2.15. The van der Waals surface area contributed by atoms with Gasteiger partial charge in [-0.2, -0.15) is 0 Å². The van der Waals surface area contributed by atoms with Gasteiger partial charge < -0.3 is 19.7 Å². The van der Waals surface area contributed by atoms with Crippen molar-refractivity contribution in [1.82, 2.24) is 15.1 Å². The highest BCUT2D eigenvalue weighted by Crippen LogP contribution is 2.38.